The van der Waals surface area contributed by atoms with Gasteiger partial charge in [0.25, 0.3) is 5.91 Å². The Morgan fingerprint density at radius 1 is 1.13 bits per heavy atom. The predicted molar refractivity (Wildman–Crippen MR) is 120 cm³/mol. The molecule has 0 bridgehead atoms. The molecule has 160 valence electrons. The maximum absolute atomic E-state index is 12.9. The molecular formula is C24H25ClN4O2. The maximum atomic E-state index is 12.9. The van der Waals surface area contributed by atoms with E-state index in [1.807, 2.05) is 42.0 Å². The molecule has 0 spiro atoms. The zero-order chi connectivity index (χ0) is 21.8. The summed E-state index contributed by atoms with van der Waals surface area (Å²) in [6.07, 6.45) is 6.97. The van der Waals surface area contributed by atoms with E-state index in [9.17, 15) is 9.59 Å². The Morgan fingerprint density at radius 3 is 2.55 bits per heavy atom. The minimum Gasteiger partial charge on any atom is -0.349 e. The molecule has 6 nitrogen and oxygen atoms in total. The van der Waals surface area contributed by atoms with Crippen molar-refractivity contribution in [1.82, 2.24) is 19.8 Å². The zero-order valence-electron chi connectivity index (χ0n) is 17.4. The average molecular weight is 437 g/mol. The van der Waals surface area contributed by atoms with E-state index in [1.165, 1.54) is 0 Å². The van der Waals surface area contributed by atoms with E-state index in [0.717, 1.165) is 24.1 Å². The molecule has 4 rings (SSSR count). The summed E-state index contributed by atoms with van der Waals surface area (Å²) in [7, 11) is 0. The fourth-order valence-corrected chi connectivity index (χ4v) is 4.04. The van der Waals surface area contributed by atoms with Gasteiger partial charge in [-0.2, -0.15) is 0 Å². The molecule has 1 fully saturated rings. The molecule has 1 aliphatic heterocycles. The smallest absolute Gasteiger partial charge is 0.253 e. The topological polar surface area (TPSA) is 67.2 Å². The Kier molecular flexibility index (Phi) is 6.37. The Balaban J connectivity index is 1.36. The first kappa shape index (κ1) is 21.1. The monoisotopic (exact) mass is 436 g/mol. The van der Waals surface area contributed by atoms with E-state index in [2.05, 4.69) is 10.3 Å². The van der Waals surface area contributed by atoms with E-state index >= 15 is 0 Å². The van der Waals surface area contributed by atoms with Crippen LogP contribution in [0.4, 0.5) is 0 Å². The van der Waals surface area contributed by atoms with Gasteiger partial charge in [0.05, 0.1) is 18.3 Å². The zero-order valence-corrected chi connectivity index (χ0v) is 18.1. The van der Waals surface area contributed by atoms with Gasteiger partial charge in [0.1, 0.15) is 0 Å². The summed E-state index contributed by atoms with van der Waals surface area (Å²) in [4.78, 5) is 31.5. The molecule has 1 saturated heterocycles. The SMILES string of the molecule is C[C@@H](NC(=O)[C@@H]1CCCN(C(=O)c2ccc(Cl)cc2)C1)c1ccc(-n2ccnc2)cc1. The van der Waals surface area contributed by atoms with E-state index in [1.54, 1.807) is 41.7 Å². The van der Waals surface area contributed by atoms with Crippen LogP contribution in [0.25, 0.3) is 5.69 Å². The van der Waals surface area contributed by atoms with Crippen LogP contribution in [0.2, 0.25) is 5.02 Å². The number of aromatic nitrogens is 2. The highest BCUT2D eigenvalue weighted by Gasteiger charge is 2.29. The second-order valence-corrected chi connectivity index (χ2v) is 8.33. The normalized spacial score (nSPS) is 17.2. The van der Waals surface area contributed by atoms with Crippen LogP contribution in [0.1, 0.15) is 41.7 Å². The van der Waals surface area contributed by atoms with Gasteiger partial charge in [-0.25, -0.2) is 4.98 Å². The van der Waals surface area contributed by atoms with Gasteiger partial charge in [0.2, 0.25) is 5.91 Å². The minimum atomic E-state index is -0.210. The fourth-order valence-electron chi connectivity index (χ4n) is 3.91. The molecular weight excluding hydrogens is 412 g/mol. The Hall–Kier alpha value is -3.12. The number of nitrogens with one attached hydrogen (secondary N) is 1. The lowest BCUT2D eigenvalue weighted by Crippen LogP contribution is -2.45. The van der Waals surface area contributed by atoms with E-state index in [-0.39, 0.29) is 23.8 Å². The largest absolute Gasteiger partial charge is 0.349 e. The first-order valence-electron chi connectivity index (χ1n) is 10.4. The quantitative estimate of drug-likeness (QED) is 0.650. The van der Waals surface area contributed by atoms with Crippen molar-refractivity contribution in [3.63, 3.8) is 0 Å². The van der Waals surface area contributed by atoms with Crippen molar-refractivity contribution < 1.29 is 9.59 Å². The molecule has 1 N–H and O–H groups in total. The van der Waals surface area contributed by atoms with Crippen LogP contribution >= 0.6 is 11.6 Å². The number of carbonyl (C=O) groups excluding carboxylic acids is 2. The van der Waals surface area contributed by atoms with Crippen LogP contribution < -0.4 is 5.32 Å². The molecule has 1 aromatic heterocycles. The van der Waals surface area contributed by atoms with Crippen molar-refractivity contribution in [2.24, 2.45) is 5.92 Å². The van der Waals surface area contributed by atoms with Crippen molar-refractivity contribution in [2.75, 3.05) is 13.1 Å². The number of halogens is 1. The summed E-state index contributed by atoms with van der Waals surface area (Å²) in [5.74, 6) is -0.283. The highest BCUT2D eigenvalue weighted by molar-refractivity contribution is 6.30. The van der Waals surface area contributed by atoms with E-state index in [0.29, 0.717) is 23.7 Å². The predicted octanol–water partition coefficient (Wildman–Crippen LogP) is 4.26. The van der Waals surface area contributed by atoms with Gasteiger partial charge in [-0.3, -0.25) is 9.59 Å². The lowest BCUT2D eigenvalue weighted by atomic mass is 9.95. The summed E-state index contributed by atoms with van der Waals surface area (Å²) in [5.41, 5.74) is 2.64. The van der Waals surface area contributed by atoms with Gasteiger partial charge in [-0.05, 0) is 61.7 Å². The van der Waals surface area contributed by atoms with Crippen molar-refractivity contribution in [1.29, 1.82) is 0 Å². The number of nitrogens with zero attached hydrogens (tertiary/aromatic N) is 3. The lowest BCUT2D eigenvalue weighted by molar-refractivity contribution is -0.127. The average Bonchev–Trinajstić information content (AvgIpc) is 3.34. The van der Waals surface area contributed by atoms with Gasteiger partial charge in [0.15, 0.2) is 0 Å². The number of carbonyl (C=O) groups is 2. The lowest BCUT2D eigenvalue weighted by Gasteiger charge is -2.32. The Labute approximate surface area is 186 Å². The number of hydrogen-bond acceptors (Lipinski definition) is 3. The van der Waals surface area contributed by atoms with E-state index < -0.39 is 0 Å². The van der Waals surface area contributed by atoms with Crippen LogP contribution in [-0.4, -0.2) is 39.4 Å². The summed E-state index contributed by atoms with van der Waals surface area (Å²) in [6, 6.07) is 14.8. The standard InChI is InChI=1S/C24H25ClN4O2/c1-17(18-6-10-22(11-7-18)29-14-12-26-16-29)27-23(30)20-3-2-13-28(15-20)24(31)19-4-8-21(25)9-5-19/h4-12,14,16-17,20H,2-3,13,15H2,1H3,(H,27,30)/t17-,20-/m1/s1. The van der Waals surface area contributed by atoms with Gasteiger partial charge in [-0.1, -0.05) is 23.7 Å². The molecule has 1 aliphatic rings. The van der Waals surface area contributed by atoms with Crippen molar-refractivity contribution in [3.05, 3.63) is 83.4 Å². The van der Waals surface area contributed by atoms with Crippen LogP contribution in [0, 0.1) is 5.92 Å². The molecule has 31 heavy (non-hydrogen) atoms. The third-order valence-corrected chi connectivity index (χ3v) is 5.98. The Bertz CT molecular complexity index is 1030. The molecule has 2 atom stereocenters. The molecule has 2 heterocycles. The molecule has 0 radical (unpaired) electrons. The minimum absolute atomic E-state index is 0.0141. The van der Waals surface area contributed by atoms with Gasteiger partial charge in [0, 0.05) is 41.8 Å². The number of likely N-dealkylation sites (tertiary alicyclic amines) is 1. The third-order valence-electron chi connectivity index (χ3n) is 5.72. The molecule has 2 aromatic carbocycles. The summed E-state index contributed by atoms with van der Waals surface area (Å²) < 4.78 is 1.93. The second kappa shape index (κ2) is 9.35. The highest BCUT2D eigenvalue weighted by Crippen LogP contribution is 2.22. The number of amides is 2. The van der Waals surface area contributed by atoms with Crippen LogP contribution in [0.3, 0.4) is 0 Å². The molecule has 0 aliphatic carbocycles. The number of rotatable bonds is 5. The van der Waals surface area contributed by atoms with Gasteiger partial charge in [-0.15, -0.1) is 0 Å². The summed E-state index contributed by atoms with van der Waals surface area (Å²) in [6.45, 7) is 3.07. The first-order valence-corrected chi connectivity index (χ1v) is 10.8. The molecule has 0 unspecified atom stereocenters. The van der Waals surface area contributed by atoms with Gasteiger partial charge < -0.3 is 14.8 Å². The number of imidazole rings is 1. The maximum Gasteiger partial charge on any atom is 0.253 e. The summed E-state index contributed by atoms with van der Waals surface area (Å²) >= 11 is 5.92. The number of hydrogen-bond donors (Lipinski definition) is 1. The van der Waals surface area contributed by atoms with Gasteiger partial charge >= 0.3 is 0 Å². The first-order chi connectivity index (χ1) is 15.0. The fraction of sp³-hybridized carbons (Fsp3) is 0.292. The third kappa shape index (κ3) is 4.97. The van der Waals surface area contributed by atoms with Crippen molar-refractivity contribution >= 4 is 23.4 Å². The summed E-state index contributed by atoms with van der Waals surface area (Å²) in [5, 5.41) is 3.71. The molecule has 2 amide bonds. The van der Waals surface area contributed by atoms with Crippen molar-refractivity contribution in [2.45, 2.75) is 25.8 Å². The van der Waals surface area contributed by atoms with Crippen LogP contribution in [0.15, 0.2) is 67.3 Å². The van der Waals surface area contributed by atoms with Crippen LogP contribution in [0.5, 0.6) is 0 Å². The van der Waals surface area contributed by atoms with Crippen molar-refractivity contribution in [3.8, 4) is 5.69 Å². The number of piperidine rings is 1. The number of benzene rings is 2. The molecule has 0 saturated carbocycles. The molecule has 3 aromatic rings. The highest BCUT2D eigenvalue weighted by atomic mass is 35.5. The second-order valence-electron chi connectivity index (χ2n) is 7.89. The molecule has 7 heteroatoms. The Morgan fingerprint density at radius 2 is 1.87 bits per heavy atom. The van der Waals surface area contributed by atoms with E-state index in [4.69, 9.17) is 11.6 Å². The van der Waals surface area contributed by atoms with Crippen LogP contribution in [-0.2, 0) is 4.79 Å².